The van der Waals surface area contributed by atoms with Gasteiger partial charge in [-0.05, 0) is 24.1 Å². The second-order valence-electron chi connectivity index (χ2n) is 3.88. The van der Waals surface area contributed by atoms with Crippen LogP contribution in [0.3, 0.4) is 0 Å². The molecule has 0 spiro atoms. The molecule has 2 atom stereocenters. The Balaban J connectivity index is 3.04. The van der Waals surface area contributed by atoms with Crippen LogP contribution < -0.4 is 0 Å². The molecule has 92 valence electrons. The first-order valence-corrected chi connectivity index (χ1v) is 5.78. The molecule has 0 heterocycles. The van der Waals surface area contributed by atoms with Crippen LogP contribution in [0.1, 0.15) is 24.8 Å². The smallest absolute Gasteiger partial charge is 0.211 e. The highest BCUT2D eigenvalue weighted by atomic mass is 35.5. The van der Waals surface area contributed by atoms with Crippen molar-refractivity contribution >= 4 is 17.9 Å². The number of benzene rings is 1. The van der Waals surface area contributed by atoms with Gasteiger partial charge in [-0.1, -0.05) is 30.7 Å². The minimum atomic E-state index is -0.411. The molecule has 17 heavy (non-hydrogen) atoms. The van der Waals surface area contributed by atoms with E-state index in [0.717, 1.165) is 11.8 Å². The van der Waals surface area contributed by atoms with Gasteiger partial charge in [0.1, 0.15) is 6.29 Å². The number of nitrogens with zero attached hydrogens (tertiary/aromatic N) is 1. The van der Waals surface area contributed by atoms with Gasteiger partial charge < -0.3 is 4.79 Å². The summed E-state index contributed by atoms with van der Waals surface area (Å²) in [6, 6.07) is 6.90. The van der Waals surface area contributed by atoms with E-state index in [2.05, 4.69) is 0 Å². The largest absolute Gasteiger partial charge is 0.303 e. The maximum atomic E-state index is 11.0. The summed E-state index contributed by atoms with van der Waals surface area (Å²) in [5.74, 6) is -0.759. The van der Waals surface area contributed by atoms with Gasteiger partial charge in [-0.2, -0.15) is 0 Å². The summed E-state index contributed by atoms with van der Waals surface area (Å²) in [4.78, 5) is 21.2. The number of carbonyl (C=O) groups is 1. The third-order valence-electron chi connectivity index (χ3n) is 2.79. The fourth-order valence-corrected chi connectivity index (χ4v) is 2.06. The van der Waals surface area contributed by atoms with Crippen LogP contribution in [0.5, 0.6) is 0 Å². The number of hydrogen-bond acceptors (Lipinski definition) is 3. The number of hydrogen-bond donors (Lipinski definition) is 0. The Morgan fingerprint density at radius 3 is 2.71 bits per heavy atom. The van der Waals surface area contributed by atoms with Crippen LogP contribution in [0.4, 0.5) is 0 Å². The van der Waals surface area contributed by atoms with E-state index in [1.54, 1.807) is 24.3 Å². The molecule has 0 unspecified atom stereocenters. The molecule has 0 radical (unpaired) electrons. The number of nitro groups is 1. The van der Waals surface area contributed by atoms with Gasteiger partial charge in [0, 0.05) is 15.9 Å². The first-order chi connectivity index (χ1) is 8.08. The maximum Gasteiger partial charge on any atom is 0.211 e. The van der Waals surface area contributed by atoms with Crippen LogP contribution in [0.2, 0.25) is 5.02 Å². The van der Waals surface area contributed by atoms with Crippen LogP contribution in [0.25, 0.3) is 0 Å². The summed E-state index contributed by atoms with van der Waals surface area (Å²) in [6.45, 7) is 1.59. The zero-order chi connectivity index (χ0) is 12.8. The van der Waals surface area contributed by atoms with Crippen molar-refractivity contribution in [1.82, 2.24) is 0 Å². The third kappa shape index (κ3) is 3.82. The van der Waals surface area contributed by atoms with E-state index in [1.165, 1.54) is 0 Å². The fraction of sp³-hybridized carbons (Fsp3) is 0.417. The number of carbonyl (C=O) groups excluding carboxylic acids is 1. The van der Waals surface area contributed by atoms with Gasteiger partial charge >= 0.3 is 0 Å². The van der Waals surface area contributed by atoms with Gasteiger partial charge in [-0.3, -0.25) is 10.1 Å². The summed E-state index contributed by atoms with van der Waals surface area (Å²) >= 11 is 5.86. The van der Waals surface area contributed by atoms with E-state index in [4.69, 9.17) is 11.6 Å². The molecule has 0 fully saturated rings. The molecule has 1 aromatic carbocycles. The Hall–Kier alpha value is -1.42. The average Bonchev–Trinajstić information content (AvgIpc) is 2.29. The molecule has 0 N–H and O–H groups in total. The van der Waals surface area contributed by atoms with Gasteiger partial charge in [-0.25, -0.2) is 0 Å². The van der Waals surface area contributed by atoms with Crippen LogP contribution in [-0.4, -0.2) is 17.8 Å². The Labute approximate surface area is 105 Å². The van der Waals surface area contributed by atoms with Crippen LogP contribution in [-0.2, 0) is 4.79 Å². The van der Waals surface area contributed by atoms with Crippen molar-refractivity contribution in [1.29, 1.82) is 0 Å². The molecule has 0 saturated carbocycles. The van der Waals surface area contributed by atoms with Gasteiger partial charge in [0.05, 0.1) is 5.92 Å². The normalized spacial score (nSPS) is 14.0. The lowest BCUT2D eigenvalue weighted by Gasteiger charge is -2.18. The summed E-state index contributed by atoms with van der Waals surface area (Å²) in [7, 11) is 0. The van der Waals surface area contributed by atoms with Crippen molar-refractivity contribution in [2.75, 3.05) is 6.54 Å². The lowest BCUT2D eigenvalue weighted by molar-refractivity contribution is -0.484. The van der Waals surface area contributed by atoms with Crippen molar-refractivity contribution in [2.24, 2.45) is 5.92 Å². The molecule has 0 amide bonds. The fourth-order valence-electron chi connectivity index (χ4n) is 1.86. The Morgan fingerprint density at radius 2 is 2.24 bits per heavy atom. The van der Waals surface area contributed by atoms with Crippen molar-refractivity contribution in [2.45, 2.75) is 19.3 Å². The predicted molar refractivity (Wildman–Crippen MR) is 65.9 cm³/mol. The lowest BCUT2D eigenvalue weighted by atomic mass is 9.85. The SMILES string of the molecule is CC[C@@H](C=O)[C@H](C[N+](=O)[O-])c1cccc(Cl)c1. The summed E-state index contributed by atoms with van der Waals surface area (Å²) in [5.41, 5.74) is 0.744. The number of halogens is 1. The van der Waals surface area contributed by atoms with Crippen LogP contribution in [0.15, 0.2) is 24.3 Å². The molecule has 0 saturated heterocycles. The van der Waals surface area contributed by atoms with E-state index in [0.29, 0.717) is 11.4 Å². The van der Waals surface area contributed by atoms with Crippen molar-refractivity contribution in [3.8, 4) is 0 Å². The highest BCUT2D eigenvalue weighted by Crippen LogP contribution is 2.28. The van der Waals surface area contributed by atoms with Gasteiger partial charge in [0.15, 0.2) is 0 Å². The van der Waals surface area contributed by atoms with E-state index >= 15 is 0 Å². The van der Waals surface area contributed by atoms with Gasteiger partial charge in [-0.15, -0.1) is 0 Å². The Morgan fingerprint density at radius 1 is 1.53 bits per heavy atom. The quantitative estimate of drug-likeness (QED) is 0.446. The topological polar surface area (TPSA) is 60.2 Å². The lowest BCUT2D eigenvalue weighted by Crippen LogP contribution is -2.22. The van der Waals surface area contributed by atoms with E-state index in [1.807, 2.05) is 6.92 Å². The van der Waals surface area contributed by atoms with Crippen LogP contribution >= 0.6 is 11.6 Å². The highest BCUT2D eigenvalue weighted by Gasteiger charge is 2.26. The molecule has 5 heteroatoms. The second-order valence-corrected chi connectivity index (χ2v) is 4.32. The number of aldehydes is 1. The molecule has 0 aromatic heterocycles. The predicted octanol–water partition coefficient (Wildman–Crippen LogP) is 2.93. The maximum absolute atomic E-state index is 11.0. The second kappa shape index (κ2) is 6.35. The minimum absolute atomic E-state index is 0.252. The third-order valence-corrected chi connectivity index (χ3v) is 3.02. The minimum Gasteiger partial charge on any atom is -0.303 e. The molecule has 0 aliphatic rings. The monoisotopic (exact) mass is 255 g/mol. The van der Waals surface area contributed by atoms with E-state index < -0.39 is 10.8 Å². The molecule has 0 aliphatic carbocycles. The zero-order valence-corrected chi connectivity index (χ0v) is 10.3. The van der Waals surface area contributed by atoms with Crippen molar-refractivity contribution in [3.05, 3.63) is 45.0 Å². The number of rotatable bonds is 6. The molecular weight excluding hydrogens is 242 g/mol. The molecular formula is C12H14ClNO3. The molecule has 0 bridgehead atoms. The summed E-state index contributed by atoms with van der Waals surface area (Å²) < 4.78 is 0. The van der Waals surface area contributed by atoms with E-state index in [-0.39, 0.29) is 12.5 Å². The Bertz CT molecular complexity index is 408. The summed E-state index contributed by atoms with van der Waals surface area (Å²) in [6.07, 6.45) is 1.36. The zero-order valence-electron chi connectivity index (χ0n) is 9.51. The average molecular weight is 256 g/mol. The first-order valence-electron chi connectivity index (χ1n) is 5.41. The molecule has 0 aliphatic heterocycles. The Kier molecular flexibility index (Phi) is 5.10. The van der Waals surface area contributed by atoms with Crippen LogP contribution in [0, 0.1) is 16.0 Å². The first kappa shape index (κ1) is 13.6. The molecule has 4 nitrogen and oxygen atoms in total. The standard InChI is InChI=1S/C12H14ClNO3/c1-2-9(8-15)12(7-14(16)17)10-4-3-5-11(13)6-10/h3-6,8-9,12H,2,7H2,1H3/t9-,12-/m0/s1. The van der Waals surface area contributed by atoms with Gasteiger partial charge in [0.2, 0.25) is 6.54 Å². The molecule has 1 aromatic rings. The summed E-state index contributed by atoms with van der Waals surface area (Å²) in [5, 5.41) is 11.2. The highest BCUT2D eigenvalue weighted by molar-refractivity contribution is 6.30. The van der Waals surface area contributed by atoms with Gasteiger partial charge in [0.25, 0.3) is 0 Å². The van der Waals surface area contributed by atoms with E-state index in [9.17, 15) is 14.9 Å². The molecule has 1 rings (SSSR count). The van der Waals surface area contributed by atoms with Crippen molar-refractivity contribution in [3.63, 3.8) is 0 Å². The van der Waals surface area contributed by atoms with Crippen molar-refractivity contribution < 1.29 is 9.72 Å².